The van der Waals surface area contributed by atoms with E-state index in [4.69, 9.17) is 12.2 Å². The van der Waals surface area contributed by atoms with Gasteiger partial charge in [-0.15, -0.1) is 0 Å². The van der Waals surface area contributed by atoms with Gasteiger partial charge in [-0.05, 0) is 30.5 Å². The summed E-state index contributed by atoms with van der Waals surface area (Å²) in [6, 6.07) is 0. The number of imidazole rings is 1. The van der Waals surface area contributed by atoms with E-state index in [1.165, 1.54) is 32.1 Å². The third kappa shape index (κ3) is 3.19. The van der Waals surface area contributed by atoms with Gasteiger partial charge in [0.05, 0.1) is 12.3 Å². The summed E-state index contributed by atoms with van der Waals surface area (Å²) in [7, 11) is 0. The van der Waals surface area contributed by atoms with Crippen molar-refractivity contribution < 1.29 is 5.11 Å². The normalized spacial score (nSPS) is 25.1. The summed E-state index contributed by atoms with van der Waals surface area (Å²) >= 11 is 5.22. The molecule has 1 heterocycles. The number of H-pyrrole nitrogens is 1. The minimum atomic E-state index is 0.0643. The molecule has 0 saturated heterocycles. The number of aliphatic hydroxyl groups excluding tert-OH is 1. The summed E-state index contributed by atoms with van der Waals surface area (Å²) in [6.07, 6.45) is 8.45. The fraction of sp³-hybridized carbons (Fsp3) is 0.769. The largest absolute Gasteiger partial charge is 0.390 e. The molecule has 2 rings (SSSR count). The Morgan fingerprint density at radius 1 is 1.41 bits per heavy atom. The number of hydrogen-bond donors (Lipinski definition) is 2. The number of aromatic nitrogens is 2. The Kier molecular flexibility index (Phi) is 4.40. The van der Waals surface area contributed by atoms with Crippen LogP contribution in [-0.2, 0) is 13.2 Å². The second-order valence-electron chi connectivity index (χ2n) is 5.31. The number of aliphatic hydroxyl groups is 1. The lowest BCUT2D eigenvalue weighted by Gasteiger charge is -2.26. The lowest BCUT2D eigenvalue weighted by atomic mass is 9.81. The molecule has 17 heavy (non-hydrogen) atoms. The Labute approximate surface area is 108 Å². The monoisotopic (exact) mass is 254 g/mol. The molecule has 1 aromatic heterocycles. The van der Waals surface area contributed by atoms with Gasteiger partial charge in [0.25, 0.3) is 0 Å². The average molecular weight is 254 g/mol. The van der Waals surface area contributed by atoms with E-state index in [0.29, 0.717) is 0 Å². The highest BCUT2D eigenvalue weighted by atomic mass is 32.1. The highest BCUT2D eigenvalue weighted by Gasteiger charge is 2.18. The van der Waals surface area contributed by atoms with Crippen LogP contribution in [-0.4, -0.2) is 14.7 Å². The van der Waals surface area contributed by atoms with E-state index in [1.807, 2.05) is 10.8 Å². The van der Waals surface area contributed by atoms with Gasteiger partial charge in [0.2, 0.25) is 0 Å². The predicted octanol–water partition coefficient (Wildman–Crippen LogP) is 3.25. The van der Waals surface area contributed by atoms with Crippen LogP contribution in [0.1, 0.15) is 44.7 Å². The molecule has 1 aliphatic carbocycles. The van der Waals surface area contributed by atoms with Gasteiger partial charge in [-0.3, -0.25) is 0 Å². The molecule has 0 unspecified atom stereocenters. The summed E-state index contributed by atoms with van der Waals surface area (Å²) in [5, 5.41) is 9.22. The molecule has 1 aliphatic rings. The topological polar surface area (TPSA) is 41.0 Å². The summed E-state index contributed by atoms with van der Waals surface area (Å²) in [6.45, 7) is 3.36. The first kappa shape index (κ1) is 12.8. The average Bonchev–Trinajstić information content (AvgIpc) is 2.69. The molecule has 0 aliphatic heterocycles. The molecule has 0 aromatic carbocycles. The quantitative estimate of drug-likeness (QED) is 0.810. The molecular weight excluding hydrogens is 232 g/mol. The molecule has 96 valence electrons. The van der Waals surface area contributed by atoms with Crippen LogP contribution < -0.4 is 0 Å². The van der Waals surface area contributed by atoms with E-state index in [0.717, 1.165) is 28.8 Å². The van der Waals surface area contributed by atoms with E-state index >= 15 is 0 Å². The van der Waals surface area contributed by atoms with Crippen molar-refractivity contribution in [3.63, 3.8) is 0 Å². The molecule has 3 nitrogen and oxygen atoms in total. The number of aromatic amines is 1. The number of nitrogens with one attached hydrogen (secondary N) is 1. The van der Waals surface area contributed by atoms with Crippen LogP contribution in [0.4, 0.5) is 0 Å². The third-order valence-corrected chi connectivity index (χ3v) is 4.35. The fourth-order valence-electron chi connectivity index (χ4n) is 2.74. The molecule has 1 saturated carbocycles. The van der Waals surface area contributed by atoms with Crippen molar-refractivity contribution in [3.05, 3.63) is 16.7 Å². The van der Waals surface area contributed by atoms with Crippen LogP contribution in [0.2, 0.25) is 0 Å². The van der Waals surface area contributed by atoms with E-state index in [9.17, 15) is 5.11 Å². The molecule has 0 amide bonds. The van der Waals surface area contributed by atoms with E-state index in [-0.39, 0.29) is 6.61 Å². The molecule has 0 bridgehead atoms. The van der Waals surface area contributed by atoms with E-state index in [1.54, 1.807) is 0 Å². The van der Waals surface area contributed by atoms with Crippen LogP contribution in [0.25, 0.3) is 0 Å². The maximum atomic E-state index is 9.22. The maximum absolute atomic E-state index is 9.22. The lowest BCUT2D eigenvalue weighted by molar-refractivity contribution is 0.254. The molecule has 0 spiro atoms. The first-order valence-corrected chi connectivity index (χ1v) is 6.99. The summed E-state index contributed by atoms with van der Waals surface area (Å²) < 4.78 is 2.77. The third-order valence-electron chi connectivity index (χ3n) is 4.01. The summed E-state index contributed by atoms with van der Waals surface area (Å²) in [4.78, 5) is 3.00. The highest BCUT2D eigenvalue weighted by Crippen LogP contribution is 2.30. The Hall–Kier alpha value is -0.610. The van der Waals surface area contributed by atoms with Crippen molar-refractivity contribution >= 4 is 12.2 Å². The molecule has 1 aromatic rings. The van der Waals surface area contributed by atoms with Crippen LogP contribution in [0.5, 0.6) is 0 Å². The van der Waals surface area contributed by atoms with Crippen LogP contribution >= 0.6 is 12.2 Å². The Balaban J connectivity index is 1.89. The molecular formula is C13H22N2OS. The fourth-order valence-corrected chi connectivity index (χ4v) is 3.00. The van der Waals surface area contributed by atoms with Gasteiger partial charge < -0.3 is 14.7 Å². The van der Waals surface area contributed by atoms with E-state index < -0.39 is 0 Å². The van der Waals surface area contributed by atoms with Gasteiger partial charge in [0.15, 0.2) is 4.77 Å². The summed E-state index contributed by atoms with van der Waals surface area (Å²) in [5.41, 5.74) is 0.902. The molecule has 4 heteroatoms. The first-order chi connectivity index (χ1) is 8.20. The number of rotatable bonds is 4. The second-order valence-corrected chi connectivity index (χ2v) is 5.70. The van der Waals surface area contributed by atoms with Crippen molar-refractivity contribution in [2.24, 2.45) is 11.8 Å². The summed E-state index contributed by atoms with van der Waals surface area (Å²) in [5.74, 6) is 1.75. The zero-order valence-corrected chi connectivity index (χ0v) is 11.3. The Morgan fingerprint density at radius 3 is 2.76 bits per heavy atom. The maximum Gasteiger partial charge on any atom is 0.177 e. The smallest absolute Gasteiger partial charge is 0.177 e. The SMILES string of the molecule is CC1CCC(CCn2c(CO)c[nH]c2=S)CC1. The zero-order valence-electron chi connectivity index (χ0n) is 10.5. The predicted molar refractivity (Wildman–Crippen MR) is 71.3 cm³/mol. The van der Waals surface area contributed by atoms with Gasteiger partial charge in [0, 0.05) is 12.7 Å². The molecule has 1 fully saturated rings. The Bertz CT molecular complexity index is 402. The van der Waals surface area contributed by atoms with Crippen LogP contribution in [0.15, 0.2) is 6.20 Å². The molecule has 0 radical (unpaired) electrons. The lowest BCUT2D eigenvalue weighted by Crippen LogP contribution is -2.15. The van der Waals surface area contributed by atoms with Crippen LogP contribution in [0.3, 0.4) is 0 Å². The van der Waals surface area contributed by atoms with Crippen LogP contribution in [0, 0.1) is 16.6 Å². The van der Waals surface area contributed by atoms with E-state index in [2.05, 4.69) is 11.9 Å². The second kappa shape index (κ2) is 5.83. The standard InChI is InChI=1S/C13H22N2OS/c1-10-2-4-11(5-3-10)6-7-15-12(9-16)8-14-13(15)17/h8,10-11,16H,2-7,9H2,1H3,(H,14,17). The van der Waals surface area contributed by atoms with Crippen molar-refractivity contribution in [1.82, 2.24) is 9.55 Å². The first-order valence-electron chi connectivity index (χ1n) is 6.58. The van der Waals surface area contributed by atoms with Crippen molar-refractivity contribution in [1.29, 1.82) is 0 Å². The van der Waals surface area contributed by atoms with Gasteiger partial charge >= 0.3 is 0 Å². The van der Waals surface area contributed by atoms with Crippen molar-refractivity contribution in [3.8, 4) is 0 Å². The minimum Gasteiger partial charge on any atom is -0.390 e. The van der Waals surface area contributed by atoms with Gasteiger partial charge in [-0.25, -0.2) is 0 Å². The highest BCUT2D eigenvalue weighted by molar-refractivity contribution is 7.71. The van der Waals surface area contributed by atoms with Gasteiger partial charge in [-0.1, -0.05) is 32.6 Å². The van der Waals surface area contributed by atoms with Crippen molar-refractivity contribution in [2.45, 2.75) is 52.2 Å². The zero-order chi connectivity index (χ0) is 12.3. The molecule has 0 atom stereocenters. The minimum absolute atomic E-state index is 0.0643. The Morgan fingerprint density at radius 2 is 2.12 bits per heavy atom. The number of nitrogens with zero attached hydrogens (tertiary/aromatic N) is 1. The van der Waals surface area contributed by atoms with Gasteiger partial charge in [0.1, 0.15) is 0 Å². The number of hydrogen-bond acceptors (Lipinski definition) is 2. The molecule has 2 N–H and O–H groups in total. The van der Waals surface area contributed by atoms with Gasteiger partial charge in [-0.2, -0.15) is 0 Å². The van der Waals surface area contributed by atoms with Crippen molar-refractivity contribution in [2.75, 3.05) is 0 Å².